The first-order valence-corrected chi connectivity index (χ1v) is 8.06. The number of thiophene rings is 1. The van der Waals surface area contributed by atoms with Gasteiger partial charge in [-0.15, -0.1) is 0 Å². The molecule has 1 aromatic rings. The molecule has 1 aliphatic carbocycles. The van der Waals surface area contributed by atoms with Crippen LogP contribution < -0.4 is 0 Å². The first kappa shape index (κ1) is 14.4. The molecule has 0 aliphatic heterocycles. The zero-order chi connectivity index (χ0) is 13.2. The van der Waals surface area contributed by atoms with E-state index in [1.807, 2.05) is 16.8 Å². The highest BCUT2D eigenvalue weighted by molar-refractivity contribution is 9.09. The highest BCUT2D eigenvalue weighted by atomic mass is 79.9. The second-order valence-corrected chi connectivity index (χ2v) is 6.90. The fraction of sp³-hybridized carbons (Fsp3) is 0.692. The van der Waals surface area contributed by atoms with E-state index in [2.05, 4.69) is 15.9 Å². The minimum absolute atomic E-state index is 0.0703. The predicted octanol–water partition coefficient (Wildman–Crippen LogP) is 5.42. The number of rotatable bonds is 3. The number of halogens is 4. The van der Waals surface area contributed by atoms with Gasteiger partial charge in [0, 0.05) is 4.83 Å². The molecule has 18 heavy (non-hydrogen) atoms. The molecule has 1 aromatic heterocycles. The Morgan fingerprint density at radius 3 is 2.67 bits per heavy atom. The van der Waals surface area contributed by atoms with Gasteiger partial charge in [0.25, 0.3) is 0 Å². The Labute approximate surface area is 118 Å². The summed E-state index contributed by atoms with van der Waals surface area (Å²) in [5.41, 5.74) is 1.13. The van der Waals surface area contributed by atoms with Crippen molar-refractivity contribution in [1.29, 1.82) is 0 Å². The lowest BCUT2D eigenvalue weighted by Gasteiger charge is -2.36. The van der Waals surface area contributed by atoms with Crippen molar-refractivity contribution in [1.82, 2.24) is 0 Å². The van der Waals surface area contributed by atoms with Crippen molar-refractivity contribution in [3.05, 3.63) is 22.4 Å². The van der Waals surface area contributed by atoms with Gasteiger partial charge in [-0.05, 0) is 47.6 Å². The highest BCUT2D eigenvalue weighted by Gasteiger charge is 2.47. The van der Waals surface area contributed by atoms with E-state index in [0.717, 1.165) is 12.0 Å². The van der Waals surface area contributed by atoms with E-state index in [1.54, 1.807) is 11.3 Å². The molecule has 0 bridgehead atoms. The second-order valence-electron chi connectivity index (χ2n) is 4.95. The Balaban J connectivity index is 2.04. The van der Waals surface area contributed by atoms with Gasteiger partial charge in [-0.1, -0.05) is 28.8 Å². The maximum Gasteiger partial charge on any atom is 0.392 e. The summed E-state index contributed by atoms with van der Waals surface area (Å²) in [4.78, 5) is -0.0703. The summed E-state index contributed by atoms with van der Waals surface area (Å²) >= 11 is 5.09. The third-order valence-electron chi connectivity index (χ3n) is 3.72. The summed E-state index contributed by atoms with van der Waals surface area (Å²) in [5, 5.41) is 3.98. The number of hydrogen-bond acceptors (Lipinski definition) is 1. The van der Waals surface area contributed by atoms with Crippen LogP contribution in [-0.2, 0) is 6.42 Å². The molecule has 0 spiro atoms. The van der Waals surface area contributed by atoms with Crippen molar-refractivity contribution < 1.29 is 13.2 Å². The van der Waals surface area contributed by atoms with Crippen LogP contribution in [-0.4, -0.2) is 11.0 Å². The van der Waals surface area contributed by atoms with E-state index < -0.39 is 12.1 Å². The van der Waals surface area contributed by atoms with Crippen molar-refractivity contribution in [2.45, 2.75) is 43.1 Å². The molecular weight excluding hydrogens is 325 g/mol. The SMILES string of the molecule is FC(F)(F)C1CCCCC1C(Br)Cc1ccsc1. The second kappa shape index (κ2) is 5.95. The summed E-state index contributed by atoms with van der Waals surface area (Å²) in [6.07, 6.45) is -0.752. The first-order chi connectivity index (χ1) is 8.48. The third kappa shape index (κ3) is 3.50. The summed E-state index contributed by atoms with van der Waals surface area (Å²) < 4.78 is 39.0. The van der Waals surface area contributed by atoms with Crippen molar-refractivity contribution in [2.75, 3.05) is 0 Å². The van der Waals surface area contributed by atoms with Gasteiger partial charge in [-0.3, -0.25) is 0 Å². The van der Waals surface area contributed by atoms with Crippen molar-refractivity contribution in [3.63, 3.8) is 0 Å². The maximum atomic E-state index is 13.0. The van der Waals surface area contributed by atoms with Crippen LogP contribution in [0.5, 0.6) is 0 Å². The predicted molar refractivity (Wildman–Crippen MR) is 72.2 cm³/mol. The molecule has 1 fully saturated rings. The van der Waals surface area contributed by atoms with E-state index in [-0.39, 0.29) is 10.7 Å². The lowest BCUT2D eigenvalue weighted by Crippen LogP contribution is -2.38. The lowest BCUT2D eigenvalue weighted by atomic mass is 9.76. The van der Waals surface area contributed by atoms with Crippen LogP contribution in [0.3, 0.4) is 0 Å². The Hall–Kier alpha value is -0.0300. The quantitative estimate of drug-likeness (QED) is 0.644. The Kier molecular flexibility index (Phi) is 4.75. The summed E-state index contributed by atoms with van der Waals surface area (Å²) in [7, 11) is 0. The van der Waals surface area contributed by atoms with Crippen LogP contribution >= 0.6 is 27.3 Å². The van der Waals surface area contributed by atoms with Gasteiger partial charge in [0.05, 0.1) is 5.92 Å². The smallest absolute Gasteiger partial charge is 0.171 e. The van der Waals surface area contributed by atoms with Gasteiger partial charge in [-0.2, -0.15) is 24.5 Å². The monoisotopic (exact) mass is 340 g/mol. The summed E-state index contributed by atoms with van der Waals surface area (Å²) in [6, 6.07) is 1.99. The molecule has 0 amide bonds. The number of hydrogen-bond donors (Lipinski definition) is 0. The molecule has 0 saturated heterocycles. The molecule has 2 rings (SSSR count). The Bertz CT molecular complexity index is 361. The van der Waals surface area contributed by atoms with Crippen LogP contribution in [0.2, 0.25) is 0 Å². The van der Waals surface area contributed by atoms with E-state index in [9.17, 15) is 13.2 Å². The molecule has 0 N–H and O–H groups in total. The molecule has 0 aromatic carbocycles. The van der Waals surface area contributed by atoms with Gasteiger partial charge in [0.2, 0.25) is 0 Å². The summed E-state index contributed by atoms with van der Waals surface area (Å²) in [5.74, 6) is -1.41. The van der Waals surface area contributed by atoms with Gasteiger partial charge in [0.15, 0.2) is 0 Å². The Morgan fingerprint density at radius 1 is 1.33 bits per heavy atom. The molecule has 3 unspecified atom stereocenters. The van der Waals surface area contributed by atoms with E-state index in [0.29, 0.717) is 25.7 Å². The normalized spacial score (nSPS) is 27.1. The van der Waals surface area contributed by atoms with E-state index in [1.165, 1.54) is 0 Å². The zero-order valence-electron chi connectivity index (χ0n) is 9.92. The molecule has 5 heteroatoms. The fourth-order valence-corrected chi connectivity index (χ4v) is 4.47. The van der Waals surface area contributed by atoms with Gasteiger partial charge < -0.3 is 0 Å². The van der Waals surface area contributed by atoms with Gasteiger partial charge in [-0.25, -0.2) is 0 Å². The topological polar surface area (TPSA) is 0 Å². The molecule has 102 valence electrons. The molecule has 0 radical (unpaired) electrons. The molecule has 0 nitrogen and oxygen atoms in total. The average Bonchev–Trinajstić information content (AvgIpc) is 2.80. The minimum atomic E-state index is -4.05. The van der Waals surface area contributed by atoms with Crippen LogP contribution in [0.1, 0.15) is 31.2 Å². The van der Waals surface area contributed by atoms with Gasteiger partial charge in [0.1, 0.15) is 0 Å². The van der Waals surface area contributed by atoms with Crippen molar-refractivity contribution in [2.24, 2.45) is 11.8 Å². The number of alkyl halides is 4. The molecule has 1 aliphatic rings. The van der Waals surface area contributed by atoms with Crippen LogP contribution in [0.25, 0.3) is 0 Å². The highest BCUT2D eigenvalue weighted by Crippen LogP contribution is 2.45. The van der Waals surface area contributed by atoms with Crippen molar-refractivity contribution in [3.8, 4) is 0 Å². The molecule has 1 saturated carbocycles. The van der Waals surface area contributed by atoms with Crippen LogP contribution in [0.4, 0.5) is 13.2 Å². The standard InChI is InChI=1S/C13H16BrF3S/c14-12(7-9-5-6-18-8-9)10-3-1-2-4-11(10)13(15,16)17/h5-6,8,10-12H,1-4,7H2. The zero-order valence-corrected chi connectivity index (χ0v) is 12.3. The lowest BCUT2D eigenvalue weighted by molar-refractivity contribution is -0.196. The van der Waals surface area contributed by atoms with Gasteiger partial charge >= 0.3 is 6.18 Å². The largest absolute Gasteiger partial charge is 0.392 e. The third-order valence-corrected chi connectivity index (χ3v) is 5.45. The average molecular weight is 341 g/mol. The summed E-state index contributed by atoms with van der Waals surface area (Å²) in [6.45, 7) is 0. The first-order valence-electron chi connectivity index (χ1n) is 6.20. The van der Waals surface area contributed by atoms with Crippen LogP contribution in [0, 0.1) is 11.8 Å². The van der Waals surface area contributed by atoms with Crippen LogP contribution in [0.15, 0.2) is 16.8 Å². The maximum absolute atomic E-state index is 13.0. The molecule has 1 heterocycles. The van der Waals surface area contributed by atoms with E-state index >= 15 is 0 Å². The van der Waals surface area contributed by atoms with Crippen molar-refractivity contribution >= 4 is 27.3 Å². The van der Waals surface area contributed by atoms with E-state index in [4.69, 9.17) is 0 Å². The fourth-order valence-electron chi connectivity index (χ4n) is 2.78. The molecule has 3 atom stereocenters. The molecular formula is C13H16BrF3S. The Morgan fingerprint density at radius 2 is 2.06 bits per heavy atom. The minimum Gasteiger partial charge on any atom is -0.171 e.